The lowest BCUT2D eigenvalue weighted by molar-refractivity contribution is 0.122. The molecule has 2 heterocycles. The number of benzene rings is 2. The van der Waals surface area contributed by atoms with Gasteiger partial charge in [0.15, 0.2) is 0 Å². The lowest BCUT2D eigenvalue weighted by Crippen LogP contribution is -2.36. The van der Waals surface area contributed by atoms with Crippen molar-refractivity contribution in [1.82, 2.24) is 9.97 Å². The third-order valence-corrected chi connectivity index (χ3v) is 4.68. The van der Waals surface area contributed by atoms with Crippen molar-refractivity contribution in [1.29, 1.82) is 0 Å². The quantitative estimate of drug-likeness (QED) is 0.747. The molecule has 0 aliphatic carbocycles. The Morgan fingerprint density at radius 1 is 1.12 bits per heavy atom. The van der Waals surface area contributed by atoms with Crippen molar-refractivity contribution in [2.45, 2.75) is 19.8 Å². The van der Waals surface area contributed by atoms with E-state index < -0.39 is 0 Å². The Kier molecular flexibility index (Phi) is 4.32. The molecular formula is C20H24N4O. The zero-order valence-electron chi connectivity index (χ0n) is 14.7. The van der Waals surface area contributed by atoms with Gasteiger partial charge in [0.25, 0.3) is 0 Å². The van der Waals surface area contributed by atoms with Crippen molar-refractivity contribution < 1.29 is 4.74 Å². The Labute approximate surface area is 148 Å². The monoisotopic (exact) mass is 336 g/mol. The van der Waals surface area contributed by atoms with Crippen LogP contribution in [-0.2, 0) is 4.74 Å². The van der Waals surface area contributed by atoms with Crippen LogP contribution < -0.4 is 10.2 Å². The number of rotatable bonds is 4. The van der Waals surface area contributed by atoms with Crippen LogP contribution in [0.25, 0.3) is 11.0 Å². The number of H-pyrrole nitrogens is 1. The number of aromatic nitrogens is 2. The van der Waals surface area contributed by atoms with E-state index in [1.807, 2.05) is 6.07 Å². The first-order chi connectivity index (χ1) is 12.2. The molecule has 0 spiro atoms. The van der Waals surface area contributed by atoms with Crippen LogP contribution in [0.3, 0.4) is 0 Å². The fourth-order valence-electron chi connectivity index (χ4n) is 3.32. The number of aromatic amines is 1. The zero-order valence-corrected chi connectivity index (χ0v) is 14.7. The van der Waals surface area contributed by atoms with E-state index in [0.29, 0.717) is 5.92 Å². The number of fused-ring (bicyclic) bond motifs is 1. The molecule has 1 aliphatic rings. The van der Waals surface area contributed by atoms with Crippen LogP contribution in [0.5, 0.6) is 0 Å². The van der Waals surface area contributed by atoms with Gasteiger partial charge in [0.2, 0.25) is 5.95 Å². The molecule has 1 aliphatic heterocycles. The van der Waals surface area contributed by atoms with Gasteiger partial charge < -0.3 is 19.9 Å². The minimum Gasteiger partial charge on any atom is -0.378 e. The first kappa shape index (κ1) is 16.0. The maximum absolute atomic E-state index is 5.44. The van der Waals surface area contributed by atoms with Gasteiger partial charge in [0.05, 0.1) is 24.2 Å². The minimum absolute atomic E-state index is 0.459. The van der Waals surface area contributed by atoms with Gasteiger partial charge in [-0.05, 0) is 35.7 Å². The van der Waals surface area contributed by atoms with E-state index in [0.717, 1.165) is 49.0 Å². The summed E-state index contributed by atoms with van der Waals surface area (Å²) in [7, 11) is 0. The number of imidazole rings is 1. The molecule has 0 radical (unpaired) electrons. The number of hydrogen-bond acceptors (Lipinski definition) is 4. The number of ether oxygens (including phenoxy) is 1. The first-order valence-corrected chi connectivity index (χ1v) is 8.89. The maximum atomic E-state index is 5.44. The summed E-state index contributed by atoms with van der Waals surface area (Å²) in [6.07, 6.45) is 0. The molecule has 3 aromatic rings. The molecule has 0 unspecified atom stereocenters. The summed E-state index contributed by atoms with van der Waals surface area (Å²) in [4.78, 5) is 10.4. The summed E-state index contributed by atoms with van der Waals surface area (Å²) in [5, 5.41) is 3.44. The van der Waals surface area contributed by atoms with Crippen molar-refractivity contribution in [2.75, 3.05) is 36.5 Å². The van der Waals surface area contributed by atoms with Gasteiger partial charge in [0.1, 0.15) is 0 Å². The largest absolute Gasteiger partial charge is 0.378 e. The lowest BCUT2D eigenvalue weighted by atomic mass is 10.0. The molecule has 2 aromatic carbocycles. The van der Waals surface area contributed by atoms with Crippen LogP contribution in [-0.4, -0.2) is 36.3 Å². The Morgan fingerprint density at radius 2 is 1.92 bits per heavy atom. The zero-order chi connectivity index (χ0) is 17.2. The summed E-state index contributed by atoms with van der Waals surface area (Å²) in [5.41, 5.74) is 5.63. The molecule has 25 heavy (non-hydrogen) atoms. The van der Waals surface area contributed by atoms with Crippen LogP contribution in [0.4, 0.5) is 17.3 Å². The van der Waals surface area contributed by atoms with Crippen LogP contribution in [0.1, 0.15) is 25.3 Å². The van der Waals surface area contributed by atoms with Crippen molar-refractivity contribution >= 4 is 28.4 Å². The van der Waals surface area contributed by atoms with Gasteiger partial charge >= 0.3 is 0 Å². The average molecular weight is 336 g/mol. The SMILES string of the molecule is CC(C)c1ccccc1Nc1nc2ccc(N3CCOCC3)cc2[nH]1. The highest BCUT2D eigenvalue weighted by Gasteiger charge is 2.13. The van der Waals surface area contributed by atoms with E-state index in [9.17, 15) is 0 Å². The first-order valence-electron chi connectivity index (χ1n) is 8.89. The molecule has 1 fully saturated rings. The predicted octanol–water partition coefficient (Wildman–Crippen LogP) is 4.27. The highest BCUT2D eigenvalue weighted by molar-refractivity contribution is 5.82. The van der Waals surface area contributed by atoms with Crippen molar-refractivity contribution in [2.24, 2.45) is 0 Å². The molecule has 4 rings (SSSR count). The van der Waals surface area contributed by atoms with Crippen molar-refractivity contribution in [3.05, 3.63) is 48.0 Å². The van der Waals surface area contributed by atoms with Crippen LogP contribution in [0.15, 0.2) is 42.5 Å². The highest BCUT2D eigenvalue weighted by Crippen LogP contribution is 2.28. The third-order valence-electron chi connectivity index (χ3n) is 4.68. The van der Waals surface area contributed by atoms with Crippen molar-refractivity contribution in [3.63, 3.8) is 0 Å². The number of hydrogen-bond donors (Lipinski definition) is 2. The van der Waals surface area contributed by atoms with Gasteiger partial charge in [-0.2, -0.15) is 0 Å². The van der Waals surface area contributed by atoms with Crippen LogP contribution in [0, 0.1) is 0 Å². The molecule has 0 amide bonds. The van der Waals surface area contributed by atoms with E-state index in [4.69, 9.17) is 4.74 Å². The van der Waals surface area contributed by atoms with Gasteiger partial charge in [-0.25, -0.2) is 4.98 Å². The third kappa shape index (κ3) is 3.33. The summed E-state index contributed by atoms with van der Waals surface area (Å²) in [6.45, 7) is 7.86. The molecule has 0 saturated carbocycles. The molecule has 1 aromatic heterocycles. The van der Waals surface area contributed by atoms with Crippen LogP contribution in [0.2, 0.25) is 0 Å². The molecule has 130 valence electrons. The predicted molar refractivity (Wildman–Crippen MR) is 103 cm³/mol. The molecule has 1 saturated heterocycles. The van der Waals surface area contributed by atoms with Gasteiger partial charge in [0, 0.05) is 24.5 Å². The molecule has 2 N–H and O–H groups in total. The Morgan fingerprint density at radius 3 is 2.72 bits per heavy atom. The van der Waals surface area contributed by atoms with Gasteiger partial charge in [-0.1, -0.05) is 32.0 Å². The molecule has 5 nitrogen and oxygen atoms in total. The Bertz CT molecular complexity index is 865. The lowest BCUT2D eigenvalue weighted by Gasteiger charge is -2.28. The van der Waals surface area contributed by atoms with Crippen molar-refractivity contribution in [3.8, 4) is 0 Å². The van der Waals surface area contributed by atoms with E-state index in [1.54, 1.807) is 0 Å². The normalized spacial score (nSPS) is 15.1. The Hall–Kier alpha value is -2.53. The van der Waals surface area contributed by atoms with Crippen LogP contribution >= 0.6 is 0 Å². The van der Waals surface area contributed by atoms with E-state index >= 15 is 0 Å². The summed E-state index contributed by atoms with van der Waals surface area (Å²) in [5.74, 6) is 1.24. The second-order valence-electron chi connectivity index (χ2n) is 6.75. The minimum atomic E-state index is 0.459. The fourth-order valence-corrected chi connectivity index (χ4v) is 3.32. The molecular weight excluding hydrogens is 312 g/mol. The molecule has 0 atom stereocenters. The highest BCUT2D eigenvalue weighted by atomic mass is 16.5. The number of nitrogens with zero attached hydrogens (tertiary/aromatic N) is 2. The van der Waals surface area contributed by atoms with Gasteiger partial charge in [-0.3, -0.25) is 0 Å². The average Bonchev–Trinajstić information content (AvgIpc) is 3.04. The second kappa shape index (κ2) is 6.76. The maximum Gasteiger partial charge on any atom is 0.205 e. The number of morpholine rings is 1. The smallest absolute Gasteiger partial charge is 0.205 e. The van der Waals surface area contributed by atoms with E-state index in [2.05, 4.69) is 70.4 Å². The summed E-state index contributed by atoms with van der Waals surface area (Å²) in [6, 6.07) is 14.8. The molecule has 5 heteroatoms. The Balaban J connectivity index is 1.61. The molecule has 0 bridgehead atoms. The summed E-state index contributed by atoms with van der Waals surface area (Å²) >= 11 is 0. The van der Waals surface area contributed by atoms with E-state index in [-0.39, 0.29) is 0 Å². The summed E-state index contributed by atoms with van der Waals surface area (Å²) < 4.78 is 5.44. The topological polar surface area (TPSA) is 53.2 Å². The number of nitrogens with one attached hydrogen (secondary N) is 2. The second-order valence-corrected chi connectivity index (χ2v) is 6.75. The standard InChI is InChI=1S/C20H24N4O/c1-14(2)16-5-3-4-6-17(16)21-20-22-18-8-7-15(13-19(18)23-20)24-9-11-25-12-10-24/h3-8,13-14H,9-12H2,1-2H3,(H2,21,22,23). The number of anilines is 3. The fraction of sp³-hybridized carbons (Fsp3) is 0.350. The number of para-hydroxylation sites is 1. The van der Waals surface area contributed by atoms with E-state index in [1.165, 1.54) is 11.3 Å². The van der Waals surface area contributed by atoms with Gasteiger partial charge in [-0.15, -0.1) is 0 Å².